The third kappa shape index (κ3) is 3.37. The third-order valence-corrected chi connectivity index (χ3v) is 5.07. The molecule has 2 heterocycles. The zero-order valence-corrected chi connectivity index (χ0v) is 14.7. The summed E-state index contributed by atoms with van der Waals surface area (Å²) in [6.07, 6.45) is 3.56. The number of nitrogens with one attached hydrogen (secondary N) is 1. The maximum atomic E-state index is 12.7. The van der Waals surface area contributed by atoms with E-state index in [-0.39, 0.29) is 29.3 Å². The van der Waals surface area contributed by atoms with Crippen LogP contribution >= 0.6 is 0 Å². The SMILES string of the molecule is CC(C)NC(=O)N1CC[C@]2(C[C@@H]2C(=O)N(C)Cc2ccccn2)C1. The van der Waals surface area contributed by atoms with Crippen molar-refractivity contribution in [3.8, 4) is 0 Å². The summed E-state index contributed by atoms with van der Waals surface area (Å²) in [6, 6.07) is 5.86. The molecule has 0 radical (unpaired) electrons. The highest BCUT2D eigenvalue weighted by molar-refractivity contribution is 5.83. The first kappa shape index (κ1) is 16.7. The molecule has 0 bridgehead atoms. The molecule has 2 aliphatic rings. The summed E-state index contributed by atoms with van der Waals surface area (Å²) >= 11 is 0. The molecule has 6 nitrogen and oxygen atoms in total. The second-order valence-electron chi connectivity index (χ2n) is 7.41. The highest BCUT2D eigenvalue weighted by Crippen LogP contribution is 2.59. The summed E-state index contributed by atoms with van der Waals surface area (Å²) in [5.41, 5.74) is 0.899. The molecule has 24 heavy (non-hydrogen) atoms. The van der Waals surface area contributed by atoms with E-state index in [0.717, 1.165) is 25.1 Å². The lowest BCUT2D eigenvalue weighted by Crippen LogP contribution is -2.42. The number of hydrogen-bond donors (Lipinski definition) is 1. The predicted molar refractivity (Wildman–Crippen MR) is 91.1 cm³/mol. The molecule has 1 spiro atoms. The molecule has 1 aromatic rings. The van der Waals surface area contributed by atoms with Gasteiger partial charge < -0.3 is 15.1 Å². The fourth-order valence-electron chi connectivity index (χ4n) is 3.63. The molecule has 1 N–H and O–H groups in total. The lowest BCUT2D eigenvalue weighted by molar-refractivity contribution is -0.132. The summed E-state index contributed by atoms with van der Waals surface area (Å²) in [5.74, 6) is 0.217. The molecule has 1 saturated heterocycles. The average molecular weight is 330 g/mol. The van der Waals surface area contributed by atoms with Crippen molar-refractivity contribution in [2.24, 2.45) is 11.3 Å². The normalized spacial score (nSPS) is 25.2. The van der Waals surface area contributed by atoms with Crippen LogP contribution in [0.4, 0.5) is 4.79 Å². The molecule has 1 aliphatic heterocycles. The van der Waals surface area contributed by atoms with Gasteiger partial charge in [0.15, 0.2) is 0 Å². The van der Waals surface area contributed by atoms with Gasteiger partial charge in [-0.15, -0.1) is 0 Å². The molecule has 3 amide bonds. The van der Waals surface area contributed by atoms with Gasteiger partial charge in [-0.2, -0.15) is 0 Å². The molecule has 0 unspecified atom stereocenters. The first-order valence-corrected chi connectivity index (χ1v) is 8.62. The van der Waals surface area contributed by atoms with E-state index in [1.54, 1.807) is 11.1 Å². The van der Waals surface area contributed by atoms with Crippen molar-refractivity contribution in [3.63, 3.8) is 0 Å². The summed E-state index contributed by atoms with van der Waals surface area (Å²) in [4.78, 5) is 32.7. The second kappa shape index (κ2) is 6.42. The van der Waals surface area contributed by atoms with Gasteiger partial charge in [-0.3, -0.25) is 9.78 Å². The van der Waals surface area contributed by atoms with E-state index in [2.05, 4.69) is 10.3 Å². The smallest absolute Gasteiger partial charge is 0.317 e. The van der Waals surface area contributed by atoms with Crippen LogP contribution in [0, 0.1) is 11.3 Å². The van der Waals surface area contributed by atoms with E-state index in [4.69, 9.17) is 0 Å². The van der Waals surface area contributed by atoms with Gasteiger partial charge in [0.1, 0.15) is 0 Å². The molecule has 1 saturated carbocycles. The van der Waals surface area contributed by atoms with E-state index in [9.17, 15) is 9.59 Å². The minimum Gasteiger partial charge on any atom is -0.340 e. The lowest BCUT2D eigenvalue weighted by Gasteiger charge is -2.20. The lowest BCUT2D eigenvalue weighted by atomic mass is 10.0. The number of urea groups is 1. The third-order valence-electron chi connectivity index (χ3n) is 5.07. The van der Waals surface area contributed by atoms with Crippen molar-refractivity contribution in [2.45, 2.75) is 39.3 Å². The number of pyridine rings is 1. The molecule has 1 aliphatic carbocycles. The van der Waals surface area contributed by atoms with Gasteiger partial charge in [-0.25, -0.2) is 4.79 Å². The molecule has 2 atom stereocenters. The van der Waals surface area contributed by atoms with Crippen molar-refractivity contribution in [3.05, 3.63) is 30.1 Å². The Bertz CT molecular complexity index is 619. The zero-order valence-electron chi connectivity index (χ0n) is 14.7. The van der Waals surface area contributed by atoms with Crippen LogP contribution in [-0.4, -0.2) is 52.9 Å². The van der Waals surface area contributed by atoms with Crippen molar-refractivity contribution < 1.29 is 9.59 Å². The van der Waals surface area contributed by atoms with E-state index in [1.807, 2.05) is 44.0 Å². The monoisotopic (exact) mass is 330 g/mol. The molecular weight excluding hydrogens is 304 g/mol. The van der Waals surface area contributed by atoms with Gasteiger partial charge in [0.05, 0.1) is 12.2 Å². The van der Waals surface area contributed by atoms with Crippen LogP contribution in [0.15, 0.2) is 24.4 Å². The minimum atomic E-state index is -0.0122. The fraction of sp³-hybridized carbons (Fsp3) is 0.611. The topological polar surface area (TPSA) is 65.5 Å². The Kier molecular flexibility index (Phi) is 4.47. The summed E-state index contributed by atoms with van der Waals surface area (Å²) < 4.78 is 0. The summed E-state index contributed by atoms with van der Waals surface area (Å²) in [7, 11) is 1.83. The average Bonchev–Trinajstić information content (AvgIpc) is 3.06. The minimum absolute atomic E-state index is 0.00375. The van der Waals surface area contributed by atoms with Crippen molar-refractivity contribution in [1.82, 2.24) is 20.1 Å². The van der Waals surface area contributed by atoms with E-state index in [0.29, 0.717) is 13.1 Å². The van der Waals surface area contributed by atoms with Crippen LogP contribution in [0.5, 0.6) is 0 Å². The van der Waals surface area contributed by atoms with Gasteiger partial charge in [0, 0.05) is 43.7 Å². The fourth-order valence-corrected chi connectivity index (χ4v) is 3.63. The quantitative estimate of drug-likeness (QED) is 0.916. The Labute approximate surface area is 143 Å². The molecule has 1 aromatic heterocycles. The van der Waals surface area contributed by atoms with Crippen LogP contribution in [0.1, 0.15) is 32.4 Å². The number of carbonyl (C=O) groups excluding carboxylic acids is 2. The Balaban J connectivity index is 1.55. The first-order valence-electron chi connectivity index (χ1n) is 8.62. The Morgan fingerprint density at radius 3 is 2.92 bits per heavy atom. The maximum Gasteiger partial charge on any atom is 0.317 e. The number of nitrogens with zero attached hydrogens (tertiary/aromatic N) is 3. The summed E-state index contributed by atoms with van der Waals surface area (Å²) in [5, 5.41) is 2.93. The number of hydrogen-bond acceptors (Lipinski definition) is 3. The summed E-state index contributed by atoms with van der Waals surface area (Å²) in [6.45, 7) is 5.88. The molecule has 6 heteroatoms. The Morgan fingerprint density at radius 1 is 1.46 bits per heavy atom. The Hall–Kier alpha value is -2.11. The van der Waals surface area contributed by atoms with Crippen molar-refractivity contribution in [2.75, 3.05) is 20.1 Å². The van der Waals surface area contributed by atoms with Gasteiger partial charge in [0.25, 0.3) is 0 Å². The number of carbonyl (C=O) groups is 2. The van der Waals surface area contributed by atoms with Crippen molar-refractivity contribution in [1.29, 1.82) is 0 Å². The second-order valence-corrected chi connectivity index (χ2v) is 7.41. The Morgan fingerprint density at radius 2 is 2.25 bits per heavy atom. The largest absolute Gasteiger partial charge is 0.340 e. The van der Waals surface area contributed by atoms with Crippen LogP contribution in [0.2, 0.25) is 0 Å². The number of amides is 3. The standard InChI is InChI=1S/C18H26N4O2/c1-13(2)20-17(24)22-9-7-18(12-22)10-15(18)16(23)21(3)11-14-6-4-5-8-19-14/h4-6,8,13,15H,7,9-12H2,1-3H3,(H,20,24)/t15-,18+/m1/s1. The number of rotatable bonds is 4. The van der Waals surface area contributed by atoms with Crippen LogP contribution < -0.4 is 5.32 Å². The first-order chi connectivity index (χ1) is 11.4. The van der Waals surface area contributed by atoms with E-state index in [1.165, 1.54) is 0 Å². The highest BCUT2D eigenvalue weighted by atomic mass is 16.2. The van der Waals surface area contributed by atoms with E-state index < -0.39 is 0 Å². The van der Waals surface area contributed by atoms with Gasteiger partial charge in [-0.1, -0.05) is 6.07 Å². The zero-order chi connectivity index (χ0) is 17.3. The van der Waals surface area contributed by atoms with Crippen LogP contribution in [-0.2, 0) is 11.3 Å². The van der Waals surface area contributed by atoms with Crippen molar-refractivity contribution >= 4 is 11.9 Å². The number of aromatic nitrogens is 1. The highest BCUT2D eigenvalue weighted by Gasteiger charge is 2.61. The van der Waals surface area contributed by atoms with Gasteiger partial charge in [-0.05, 0) is 38.8 Å². The molecular formula is C18H26N4O2. The molecule has 0 aromatic carbocycles. The molecule has 2 fully saturated rings. The van der Waals surface area contributed by atoms with Gasteiger partial charge in [0.2, 0.25) is 5.91 Å². The van der Waals surface area contributed by atoms with Gasteiger partial charge >= 0.3 is 6.03 Å². The number of likely N-dealkylation sites (tertiary alicyclic amines) is 1. The van der Waals surface area contributed by atoms with E-state index >= 15 is 0 Å². The maximum absolute atomic E-state index is 12.7. The molecule has 3 rings (SSSR count). The molecule has 130 valence electrons. The van der Waals surface area contributed by atoms with Crippen LogP contribution in [0.25, 0.3) is 0 Å². The van der Waals surface area contributed by atoms with Crippen LogP contribution in [0.3, 0.4) is 0 Å². The predicted octanol–water partition coefficient (Wildman–Crippen LogP) is 1.87.